The number of benzene rings is 5. The van der Waals surface area contributed by atoms with Gasteiger partial charge in [-0.05, 0) is 88.8 Å². The van der Waals surface area contributed by atoms with Crippen LogP contribution in [0.5, 0.6) is 0 Å². The van der Waals surface area contributed by atoms with E-state index in [4.69, 9.17) is 0 Å². The lowest BCUT2D eigenvalue weighted by atomic mass is 9.94. The highest BCUT2D eigenvalue weighted by Gasteiger charge is 2.47. The first-order valence-electron chi connectivity index (χ1n) is 13.5. The van der Waals surface area contributed by atoms with E-state index in [1.165, 1.54) is 5.56 Å². The van der Waals surface area contributed by atoms with E-state index in [0.717, 1.165) is 66.6 Å². The maximum absolute atomic E-state index is 15.7. The van der Waals surface area contributed by atoms with Crippen LogP contribution in [0.2, 0.25) is 0 Å². The van der Waals surface area contributed by atoms with Gasteiger partial charge in [0, 0.05) is 33.6 Å². The average molecular weight is 533 g/mol. The molecule has 3 nitrogen and oxygen atoms in total. The molecule has 190 valence electrons. The standard InChI is InChI=1S/C36H25N2OP/c1-24-21-28(19-20-37-24)27-16-18-34-32(23-27)30-12-6-8-14-36(30)40(39)35-13-7-5-11-29(35)31-22-26(15-17-33(31)38(34)40)25-9-3-2-4-10-25/h2-23H,1H3. The smallest absolute Gasteiger partial charge is 0.235 e. The summed E-state index contributed by atoms with van der Waals surface area (Å²) < 4.78 is 17.8. The number of fused-ring (bicyclic) bond motifs is 11. The molecule has 0 N–H and O–H groups in total. The van der Waals surface area contributed by atoms with Crippen LogP contribution in [0.15, 0.2) is 134 Å². The van der Waals surface area contributed by atoms with Crippen molar-refractivity contribution in [3.05, 3.63) is 139 Å². The Bertz CT molecular complexity index is 2010. The summed E-state index contributed by atoms with van der Waals surface area (Å²) in [5.74, 6) is 0. The molecular weight excluding hydrogens is 507 g/mol. The molecule has 0 aliphatic carbocycles. The van der Waals surface area contributed by atoms with Gasteiger partial charge in [0.25, 0.3) is 0 Å². The molecule has 0 spiro atoms. The lowest BCUT2D eigenvalue weighted by Crippen LogP contribution is -2.37. The Hall–Kier alpha value is -4.72. The molecule has 6 aromatic rings. The van der Waals surface area contributed by atoms with E-state index in [0.29, 0.717) is 0 Å². The summed E-state index contributed by atoms with van der Waals surface area (Å²) >= 11 is 0. The predicted octanol–water partition coefficient (Wildman–Crippen LogP) is 8.75. The van der Waals surface area contributed by atoms with Crippen LogP contribution in [0, 0.1) is 6.92 Å². The molecule has 2 aliphatic heterocycles. The maximum Gasteiger partial charge on any atom is 0.235 e. The van der Waals surface area contributed by atoms with Crippen molar-refractivity contribution in [2.24, 2.45) is 0 Å². The Morgan fingerprint density at radius 2 is 1.05 bits per heavy atom. The summed E-state index contributed by atoms with van der Waals surface area (Å²) in [6, 6.07) is 44.1. The molecule has 3 heterocycles. The number of nitrogens with zero attached hydrogens (tertiary/aromatic N) is 2. The molecule has 4 heteroatoms. The van der Waals surface area contributed by atoms with Crippen LogP contribution in [-0.4, -0.2) is 4.98 Å². The third kappa shape index (κ3) is 3.25. The fourth-order valence-electron chi connectivity index (χ4n) is 6.30. The molecule has 40 heavy (non-hydrogen) atoms. The SMILES string of the molecule is Cc1cc(-c2ccc3c(c2)-c2ccccc2P2(=O)c4ccccc4-c4cc(-c5ccccc5)ccc4N32)ccn1. The topological polar surface area (TPSA) is 33.2 Å². The molecule has 5 aromatic carbocycles. The molecule has 2 aliphatic rings. The van der Waals surface area contributed by atoms with Crippen LogP contribution in [0.25, 0.3) is 44.5 Å². The summed E-state index contributed by atoms with van der Waals surface area (Å²) in [4.78, 5) is 4.38. The summed E-state index contributed by atoms with van der Waals surface area (Å²) in [7, 11) is -3.22. The van der Waals surface area contributed by atoms with Crippen molar-refractivity contribution >= 4 is 29.3 Å². The summed E-state index contributed by atoms with van der Waals surface area (Å²) in [6.45, 7) is 2.01. The largest absolute Gasteiger partial charge is 0.289 e. The molecular formula is C36H25N2OP. The van der Waals surface area contributed by atoms with Crippen molar-refractivity contribution < 1.29 is 4.57 Å². The molecule has 0 saturated heterocycles. The molecule has 1 atom stereocenters. The zero-order valence-electron chi connectivity index (χ0n) is 22.0. The Kier molecular flexibility index (Phi) is 5.01. The van der Waals surface area contributed by atoms with Crippen molar-refractivity contribution in [2.75, 3.05) is 4.67 Å². The van der Waals surface area contributed by atoms with E-state index in [1.54, 1.807) is 0 Å². The predicted molar refractivity (Wildman–Crippen MR) is 166 cm³/mol. The van der Waals surface area contributed by atoms with Gasteiger partial charge in [0.05, 0.1) is 11.4 Å². The normalized spacial score (nSPS) is 16.3. The highest BCUT2D eigenvalue weighted by atomic mass is 31.2. The molecule has 0 bridgehead atoms. The van der Waals surface area contributed by atoms with Crippen LogP contribution in [0.3, 0.4) is 0 Å². The second kappa shape index (κ2) is 8.64. The zero-order valence-corrected chi connectivity index (χ0v) is 22.8. The molecule has 0 saturated carbocycles. The van der Waals surface area contributed by atoms with Gasteiger partial charge in [-0.1, -0.05) is 78.9 Å². The first-order chi connectivity index (χ1) is 19.6. The van der Waals surface area contributed by atoms with Crippen LogP contribution < -0.4 is 15.3 Å². The van der Waals surface area contributed by atoms with Crippen LogP contribution in [-0.2, 0) is 4.57 Å². The van der Waals surface area contributed by atoms with Gasteiger partial charge < -0.3 is 0 Å². The second-order valence-electron chi connectivity index (χ2n) is 10.4. The van der Waals surface area contributed by atoms with E-state index < -0.39 is 7.29 Å². The van der Waals surface area contributed by atoms with Gasteiger partial charge >= 0.3 is 0 Å². The first kappa shape index (κ1) is 23.2. The number of rotatable bonds is 2. The number of aryl methyl sites for hydroxylation is 1. The Balaban J connectivity index is 1.42. The fraction of sp³-hybridized carbons (Fsp3) is 0.0278. The van der Waals surface area contributed by atoms with Crippen molar-refractivity contribution in [2.45, 2.75) is 6.92 Å². The minimum Gasteiger partial charge on any atom is -0.289 e. The zero-order chi connectivity index (χ0) is 26.8. The monoisotopic (exact) mass is 532 g/mol. The lowest BCUT2D eigenvalue weighted by molar-refractivity contribution is 0.586. The van der Waals surface area contributed by atoms with Gasteiger partial charge in [0.1, 0.15) is 0 Å². The van der Waals surface area contributed by atoms with Gasteiger partial charge in [0.15, 0.2) is 0 Å². The minimum absolute atomic E-state index is 0.885. The van der Waals surface area contributed by atoms with Gasteiger partial charge in [-0.3, -0.25) is 14.2 Å². The molecule has 8 rings (SSSR count). The molecule has 0 fully saturated rings. The van der Waals surface area contributed by atoms with E-state index in [1.807, 2.05) is 49.5 Å². The third-order valence-electron chi connectivity index (χ3n) is 8.11. The Morgan fingerprint density at radius 3 is 1.65 bits per heavy atom. The number of aromatic nitrogens is 1. The highest BCUT2D eigenvalue weighted by molar-refractivity contribution is 7.81. The number of hydrogen-bond donors (Lipinski definition) is 0. The van der Waals surface area contributed by atoms with Crippen molar-refractivity contribution in [1.82, 2.24) is 4.98 Å². The molecule has 0 amide bonds. The quantitative estimate of drug-likeness (QED) is 0.209. The summed E-state index contributed by atoms with van der Waals surface area (Å²) in [6.07, 6.45) is 1.86. The maximum atomic E-state index is 15.7. The van der Waals surface area contributed by atoms with Crippen LogP contribution in [0.1, 0.15) is 5.69 Å². The van der Waals surface area contributed by atoms with Gasteiger partial charge in [-0.15, -0.1) is 0 Å². The van der Waals surface area contributed by atoms with E-state index >= 15 is 4.57 Å². The van der Waals surface area contributed by atoms with E-state index in [2.05, 4.69) is 101 Å². The Morgan fingerprint density at radius 1 is 0.525 bits per heavy atom. The number of anilines is 2. The van der Waals surface area contributed by atoms with Crippen molar-refractivity contribution in [3.8, 4) is 44.5 Å². The second-order valence-corrected chi connectivity index (χ2v) is 13.0. The summed E-state index contributed by atoms with van der Waals surface area (Å²) in [5.41, 5.74) is 11.7. The highest BCUT2D eigenvalue weighted by Crippen LogP contribution is 2.66. The number of hydrogen-bond acceptors (Lipinski definition) is 2. The molecule has 1 unspecified atom stereocenters. The molecule has 1 aromatic heterocycles. The lowest BCUT2D eigenvalue weighted by Gasteiger charge is -2.44. The Labute approximate surface area is 233 Å². The van der Waals surface area contributed by atoms with E-state index in [9.17, 15) is 0 Å². The summed E-state index contributed by atoms with van der Waals surface area (Å²) in [5, 5.41) is 1.77. The number of pyridine rings is 1. The van der Waals surface area contributed by atoms with Gasteiger partial charge in [-0.25, -0.2) is 0 Å². The van der Waals surface area contributed by atoms with E-state index in [-0.39, 0.29) is 0 Å². The fourth-order valence-corrected chi connectivity index (χ4v) is 9.56. The average Bonchev–Trinajstić information content (AvgIpc) is 3.01. The van der Waals surface area contributed by atoms with Gasteiger partial charge in [0.2, 0.25) is 7.29 Å². The van der Waals surface area contributed by atoms with Crippen molar-refractivity contribution in [3.63, 3.8) is 0 Å². The van der Waals surface area contributed by atoms with Crippen LogP contribution in [0.4, 0.5) is 11.4 Å². The first-order valence-corrected chi connectivity index (χ1v) is 15.2. The minimum atomic E-state index is -3.22. The van der Waals surface area contributed by atoms with Crippen LogP contribution >= 0.6 is 7.29 Å². The third-order valence-corrected chi connectivity index (χ3v) is 11.2. The molecule has 0 radical (unpaired) electrons. The van der Waals surface area contributed by atoms with Crippen molar-refractivity contribution in [1.29, 1.82) is 0 Å². The van der Waals surface area contributed by atoms with Gasteiger partial charge in [-0.2, -0.15) is 0 Å².